The lowest BCUT2D eigenvalue weighted by Crippen LogP contribution is -2.45. The van der Waals surface area contributed by atoms with Crippen molar-refractivity contribution in [1.82, 2.24) is 30.1 Å². The number of anilines is 2. The molecule has 218 valence electrons. The number of tetrazole rings is 1. The van der Waals surface area contributed by atoms with Gasteiger partial charge in [-0.1, -0.05) is 11.6 Å². The van der Waals surface area contributed by atoms with Crippen LogP contribution >= 0.6 is 11.6 Å². The molecule has 2 aromatic carbocycles. The number of nitrogens with one attached hydrogen (secondary N) is 1. The van der Waals surface area contributed by atoms with Gasteiger partial charge < -0.3 is 15.3 Å². The number of benzene rings is 2. The second kappa shape index (κ2) is 12.0. The lowest BCUT2D eigenvalue weighted by molar-refractivity contribution is -0.385. The predicted molar refractivity (Wildman–Crippen MR) is 154 cm³/mol. The molecule has 0 spiro atoms. The third-order valence-electron chi connectivity index (χ3n) is 6.73. The van der Waals surface area contributed by atoms with Crippen LogP contribution in [-0.2, 0) is 16.0 Å². The van der Waals surface area contributed by atoms with Crippen LogP contribution in [0.3, 0.4) is 0 Å². The van der Waals surface area contributed by atoms with E-state index in [2.05, 4.69) is 25.8 Å². The zero-order valence-electron chi connectivity index (χ0n) is 22.4. The van der Waals surface area contributed by atoms with Crippen LogP contribution in [0.2, 0.25) is 5.02 Å². The lowest BCUT2D eigenvalue weighted by Gasteiger charge is -2.35. The summed E-state index contributed by atoms with van der Waals surface area (Å²) in [6.07, 6.45) is 4.39. The van der Waals surface area contributed by atoms with Crippen molar-refractivity contribution >= 4 is 52.6 Å². The number of nitro groups is 1. The van der Waals surface area contributed by atoms with Gasteiger partial charge in [-0.2, -0.15) is 4.68 Å². The van der Waals surface area contributed by atoms with E-state index in [9.17, 15) is 29.6 Å². The second-order valence-corrected chi connectivity index (χ2v) is 9.78. The lowest BCUT2D eigenvalue weighted by atomic mass is 9.95. The number of aromatic nitrogens is 5. The highest BCUT2D eigenvalue weighted by Crippen LogP contribution is 2.33. The van der Waals surface area contributed by atoms with Crippen molar-refractivity contribution in [2.75, 3.05) is 23.8 Å². The molecule has 3 heterocycles. The molecule has 1 aliphatic heterocycles. The summed E-state index contributed by atoms with van der Waals surface area (Å²) in [7, 11) is 1.38. The van der Waals surface area contributed by atoms with Gasteiger partial charge in [0.1, 0.15) is 18.6 Å². The SMILES string of the molecule is CN(C(=O)O)c1ccc(NC(=O)C2c3cc([N+](=O)[O-])cnc3CCN2C(=O)/C=C/c2cc(Cl)ccc2-n2cnnn2)cc1. The van der Waals surface area contributed by atoms with E-state index >= 15 is 0 Å². The summed E-state index contributed by atoms with van der Waals surface area (Å²) in [6.45, 7) is 0.108. The largest absolute Gasteiger partial charge is 0.465 e. The van der Waals surface area contributed by atoms with Gasteiger partial charge in [-0.05, 0) is 59.0 Å². The first-order valence-corrected chi connectivity index (χ1v) is 13.0. The standard InChI is InChI=1S/C27H22ClN9O6/c1-34(27(40)41)19-6-4-18(5-7-19)31-26(39)25-21-13-20(37(42)43)14-29-22(21)10-11-35(25)24(38)9-2-16-12-17(28)3-8-23(16)36-15-30-32-33-36/h2-9,12-15,25H,10-11H2,1H3,(H,31,39)(H,40,41)/b9-2+. The number of hydrogen-bond acceptors (Lipinski definition) is 9. The Balaban J connectivity index is 1.47. The van der Waals surface area contributed by atoms with Crippen LogP contribution in [0.25, 0.3) is 11.8 Å². The molecule has 0 saturated heterocycles. The van der Waals surface area contributed by atoms with Crippen molar-refractivity contribution in [3.63, 3.8) is 0 Å². The first-order valence-electron chi connectivity index (χ1n) is 12.6. The fourth-order valence-corrected chi connectivity index (χ4v) is 4.75. The number of fused-ring (bicyclic) bond motifs is 1. The first kappa shape index (κ1) is 28.8. The average Bonchev–Trinajstić information content (AvgIpc) is 3.53. The molecule has 0 bridgehead atoms. The van der Waals surface area contributed by atoms with Gasteiger partial charge in [0.25, 0.3) is 11.6 Å². The molecule has 15 nitrogen and oxygen atoms in total. The molecule has 2 N–H and O–H groups in total. The fraction of sp³-hybridized carbons (Fsp3) is 0.148. The minimum absolute atomic E-state index is 0.108. The fourth-order valence-electron chi connectivity index (χ4n) is 4.57. The van der Waals surface area contributed by atoms with Gasteiger partial charge in [-0.25, -0.2) is 4.79 Å². The molecular weight excluding hydrogens is 582 g/mol. The van der Waals surface area contributed by atoms with Crippen molar-refractivity contribution in [3.8, 4) is 5.69 Å². The van der Waals surface area contributed by atoms with E-state index in [-0.39, 0.29) is 24.2 Å². The van der Waals surface area contributed by atoms with Crippen molar-refractivity contribution < 1.29 is 24.4 Å². The van der Waals surface area contributed by atoms with Crippen molar-refractivity contribution in [1.29, 1.82) is 0 Å². The summed E-state index contributed by atoms with van der Waals surface area (Å²) >= 11 is 6.19. The number of carbonyl (C=O) groups excluding carboxylic acids is 2. The van der Waals surface area contributed by atoms with Crippen LogP contribution in [0.5, 0.6) is 0 Å². The second-order valence-electron chi connectivity index (χ2n) is 9.34. The van der Waals surface area contributed by atoms with Crippen LogP contribution < -0.4 is 10.2 Å². The highest BCUT2D eigenvalue weighted by Gasteiger charge is 2.37. The number of carbonyl (C=O) groups is 3. The van der Waals surface area contributed by atoms with E-state index in [1.807, 2.05) is 0 Å². The zero-order chi connectivity index (χ0) is 30.7. The zero-order valence-corrected chi connectivity index (χ0v) is 23.1. The molecule has 2 aromatic heterocycles. The Morgan fingerprint density at radius 3 is 2.63 bits per heavy atom. The Bertz CT molecular complexity index is 1740. The number of nitrogens with zero attached hydrogens (tertiary/aromatic N) is 8. The van der Waals surface area contributed by atoms with E-state index in [0.29, 0.717) is 33.3 Å². The smallest absolute Gasteiger partial charge is 0.411 e. The van der Waals surface area contributed by atoms with E-state index in [1.54, 1.807) is 18.2 Å². The van der Waals surface area contributed by atoms with Gasteiger partial charge in [-0.3, -0.25) is 29.6 Å². The molecule has 1 aliphatic rings. The summed E-state index contributed by atoms with van der Waals surface area (Å²) < 4.78 is 1.40. The summed E-state index contributed by atoms with van der Waals surface area (Å²) in [5.74, 6) is -1.18. The van der Waals surface area contributed by atoms with Crippen LogP contribution in [0, 0.1) is 10.1 Å². The van der Waals surface area contributed by atoms with Crippen molar-refractivity contribution in [2.45, 2.75) is 12.5 Å². The molecule has 16 heteroatoms. The number of amides is 3. The molecule has 43 heavy (non-hydrogen) atoms. The van der Waals surface area contributed by atoms with E-state index < -0.39 is 28.9 Å². The maximum atomic E-state index is 13.7. The third kappa shape index (κ3) is 6.15. The van der Waals surface area contributed by atoms with Gasteiger partial charge in [0, 0.05) is 65.4 Å². The molecule has 0 fully saturated rings. The Hall–Kier alpha value is -5.70. The Labute approximate surface area is 248 Å². The minimum atomic E-state index is -1.26. The molecule has 4 aromatic rings. The van der Waals surface area contributed by atoms with Crippen molar-refractivity contribution in [2.24, 2.45) is 0 Å². The van der Waals surface area contributed by atoms with Crippen molar-refractivity contribution in [3.05, 3.63) is 99.1 Å². The number of pyridine rings is 1. The molecular formula is C27H22ClN9O6. The number of rotatable bonds is 7. The van der Waals surface area contributed by atoms with E-state index in [1.165, 1.54) is 65.4 Å². The van der Waals surface area contributed by atoms with Gasteiger partial charge in [0.15, 0.2) is 0 Å². The Morgan fingerprint density at radius 2 is 1.95 bits per heavy atom. The maximum absolute atomic E-state index is 13.7. The highest BCUT2D eigenvalue weighted by molar-refractivity contribution is 6.30. The molecule has 0 radical (unpaired) electrons. The topological polar surface area (TPSA) is 190 Å². The molecule has 1 atom stereocenters. The maximum Gasteiger partial charge on any atom is 0.411 e. The minimum Gasteiger partial charge on any atom is -0.465 e. The van der Waals surface area contributed by atoms with Crippen LogP contribution in [0.4, 0.5) is 21.9 Å². The third-order valence-corrected chi connectivity index (χ3v) is 6.96. The highest BCUT2D eigenvalue weighted by atomic mass is 35.5. The predicted octanol–water partition coefficient (Wildman–Crippen LogP) is 3.51. The quantitative estimate of drug-likeness (QED) is 0.179. The number of halogens is 1. The number of carboxylic acid groups (broad SMARTS) is 1. The molecule has 0 aliphatic carbocycles. The molecule has 0 saturated carbocycles. The summed E-state index contributed by atoms with van der Waals surface area (Å²) in [6, 6.07) is 11.0. The summed E-state index contributed by atoms with van der Waals surface area (Å²) in [4.78, 5) is 55.9. The van der Waals surface area contributed by atoms with E-state index in [0.717, 1.165) is 11.1 Å². The molecule has 3 amide bonds. The summed E-state index contributed by atoms with van der Waals surface area (Å²) in [5, 5.41) is 35.0. The van der Waals surface area contributed by atoms with Gasteiger partial charge in [0.2, 0.25) is 5.91 Å². The number of hydrogen-bond donors (Lipinski definition) is 2. The summed E-state index contributed by atoms with van der Waals surface area (Å²) in [5.41, 5.74) is 2.12. The Morgan fingerprint density at radius 1 is 1.19 bits per heavy atom. The van der Waals surface area contributed by atoms with E-state index in [4.69, 9.17) is 11.6 Å². The molecule has 5 rings (SSSR count). The van der Waals surface area contributed by atoms with Crippen LogP contribution in [0.1, 0.15) is 22.9 Å². The molecule has 1 unspecified atom stereocenters. The average molecular weight is 604 g/mol. The van der Waals surface area contributed by atoms with Crippen LogP contribution in [0.15, 0.2) is 67.1 Å². The van der Waals surface area contributed by atoms with Crippen LogP contribution in [-0.4, -0.2) is 71.6 Å². The first-order chi connectivity index (χ1) is 20.6. The normalized spacial score (nSPS) is 14.3. The van der Waals surface area contributed by atoms with Gasteiger partial charge in [0.05, 0.1) is 10.6 Å². The monoisotopic (exact) mass is 603 g/mol. The van der Waals surface area contributed by atoms with Gasteiger partial charge in [-0.15, -0.1) is 5.10 Å². The van der Waals surface area contributed by atoms with Gasteiger partial charge >= 0.3 is 6.09 Å². The Kier molecular flexibility index (Phi) is 8.07.